The molecule has 29 heavy (non-hydrogen) atoms. The minimum absolute atomic E-state index is 0.132. The van der Waals surface area contributed by atoms with Crippen molar-refractivity contribution in [3.63, 3.8) is 0 Å². The van der Waals surface area contributed by atoms with Gasteiger partial charge in [-0.05, 0) is 35.4 Å². The van der Waals surface area contributed by atoms with E-state index in [1.807, 2.05) is 48.5 Å². The van der Waals surface area contributed by atoms with E-state index in [1.165, 1.54) is 23.9 Å². The maximum atomic E-state index is 12.9. The van der Waals surface area contributed by atoms with Crippen molar-refractivity contribution in [2.45, 2.75) is 12.5 Å². The lowest BCUT2D eigenvalue weighted by molar-refractivity contribution is -0.137. The Morgan fingerprint density at radius 3 is 2.41 bits per heavy atom. The van der Waals surface area contributed by atoms with E-state index in [0.29, 0.717) is 6.42 Å². The number of nitrogens with zero attached hydrogens (tertiary/aromatic N) is 2. The van der Waals surface area contributed by atoms with Gasteiger partial charge in [0.1, 0.15) is 5.75 Å². The zero-order valence-electron chi connectivity index (χ0n) is 16.1. The third-order valence-electron chi connectivity index (χ3n) is 4.52. The van der Waals surface area contributed by atoms with Gasteiger partial charge in [0.25, 0.3) is 5.91 Å². The zero-order chi connectivity index (χ0) is 20.8. The first-order valence-electron chi connectivity index (χ1n) is 8.96. The molecule has 2 aromatic rings. The lowest BCUT2D eigenvalue weighted by Gasteiger charge is -2.22. The van der Waals surface area contributed by atoms with Crippen LogP contribution in [0.2, 0.25) is 0 Å². The van der Waals surface area contributed by atoms with Gasteiger partial charge in [0.2, 0.25) is 0 Å². The van der Waals surface area contributed by atoms with Crippen LogP contribution in [-0.2, 0) is 14.3 Å². The highest BCUT2D eigenvalue weighted by Crippen LogP contribution is 2.34. The van der Waals surface area contributed by atoms with Gasteiger partial charge in [-0.25, -0.2) is 5.01 Å². The Balaban J connectivity index is 1.82. The first kappa shape index (κ1) is 21.4. The number of carbonyl (C=O) groups is 2. The van der Waals surface area contributed by atoms with Crippen LogP contribution in [0.3, 0.4) is 0 Å². The molecule has 3 rings (SSSR count). The van der Waals surface area contributed by atoms with Crippen molar-refractivity contribution >= 4 is 45.3 Å². The minimum Gasteiger partial charge on any atom is -0.497 e. The van der Waals surface area contributed by atoms with Crippen LogP contribution in [0.1, 0.15) is 23.6 Å². The monoisotopic (exact) mass is 476 g/mol. The summed E-state index contributed by atoms with van der Waals surface area (Å²) in [6.45, 7) is 0. The summed E-state index contributed by atoms with van der Waals surface area (Å²) in [4.78, 5) is 24.2. The molecule has 0 saturated heterocycles. The Hall–Kier alpha value is -2.32. The lowest BCUT2D eigenvalue weighted by Crippen LogP contribution is -2.29. The number of methoxy groups -OCH3 is 2. The van der Waals surface area contributed by atoms with Crippen LogP contribution >= 0.6 is 27.7 Å². The molecule has 152 valence electrons. The highest BCUT2D eigenvalue weighted by Gasteiger charge is 2.33. The number of halogens is 1. The van der Waals surface area contributed by atoms with Gasteiger partial charge in [-0.3, -0.25) is 9.59 Å². The summed E-state index contributed by atoms with van der Waals surface area (Å²) < 4.78 is 10.8. The normalized spacial score (nSPS) is 15.8. The predicted octanol–water partition coefficient (Wildman–Crippen LogP) is 4.04. The molecule has 1 unspecified atom stereocenters. The van der Waals surface area contributed by atoms with Crippen LogP contribution in [0.25, 0.3) is 0 Å². The van der Waals surface area contributed by atoms with Gasteiger partial charge in [-0.1, -0.05) is 40.2 Å². The first-order chi connectivity index (χ1) is 14.0. The molecule has 1 aliphatic heterocycles. The molecule has 0 aromatic heterocycles. The van der Waals surface area contributed by atoms with Crippen molar-refractivity contribution in [3.05, 3.63) is 64.1 Å². The molecule has 0 fully saturated rings. The molecule has 2 aromatic carbocycles. The number of carbonyl (C=O) groups excluding carboxylic acids is 2. The van der Waals surface area contributed by atoms with E-state index in [-0.39, 0.29) is 29.4 Å². The summed E-state index contributed by atoms with van der Waals surface area (Å²) in [5.74, 6) is 0.542. The second-order valence-corrected chi connectivity index (χ2v) is 8.26. The van der Waals surface area contributed by atoms with Crippen molar-refractivity contribution in [3.8, 4) is 5.75 Å². The Morgan fingerprint density at radius 2 is 1.79 bits per heavy atom. The van der Waals surface area contributed by atoms with Crippen molar-refractivity contribution in [1.82, 2.24) is 5.01 Å². The summed E-state index contributed by atoms with van der Waals surface area (Å²) in [7, 11) is 2.95. The van der Waals surface area contributed by atoms with Crippen LogP contribution < -0.4 is 4.74 Å². The number of amides is 1. The fourth-order valence-electron chi connectivity index (χ4n) is 2.99. The maximum Gasteiger partial charge on any atom is 0.315 e. The molecule has 0 N–H and O–H groups in total. The molecule has 0 bridgehead atoms. The quantitative estimate of drug-likeness (QED) is 0.564. The van der Waals surface area contributed by atoms with Gasteiger partial charge in [-0.15, -0.1) is 11.8 Å². The van der Waals surface area contributed by atoms with E-state index in [9.17, 15) is 9.59 Å². The molecule has 1 heterocycles. The summed E-state index contributed by atoms with van der Waals surface area (Å²) in [5.41, 5.74) is 2.81. The average molecular weight is 477 g/mol. The number of ether oxygens (including phenoxy) is 2. The van der Waals surface area contributed by atoms with Gasteiger partial charge in [0, 0.05) is 10.9 Å². The highest BCUT2D eigenvalue weighted by atomic mass is 79.9. The van der Waals surface area contributed by atoms with E-state index in [2.05, 4.69) is 25.8 Å². The van der Waals surface area contributed by atoms with Crippen LogP contribution in [0.5, 0.6) is 5.75 Å². The van der Waals surface area contributed by atoms with E-state index in [4.69, 9.17) is 4.74 Å². The molecule has 0 saturated carbocycles. The molecule has 0 aliphatic carbocycles. The van der Waals surface area contributed by atoms with E-state index >= 15 is 0 Å². The Labute approximate surface area is 182 Å². The van der Waals surface area contributed by atoms with Crippen LogP contribution in [-0.4, -0.2) is 48.3 Å². The van der Waals surface area contributed by atoms with Gasteiger partial charge in [-0.2, -0.15) is 5.10 Å². The fraction of sp³-hybridized carbons (Fsp3) is 0.286. The second-order valence-electron chi connectivity index (χ2n) is 6.35. The van der Waals surface area contributed by atoms with Crippen molar-refractivity contribution in [2.75, 3.05) is 25.7 Å². The minimum atomic E-state index is -0.352. The summed E-state index contributed by atoms with van der Waals surface area (Å²) in [6, 6.07) is 15.3. The van der Waals surface area contributed by atoms with Gasteiger partial charge >= 0.3 is 5.97 Å². The SMILES string of the molecule is COC(=O)CSCC(=O)N1N=C(c2ccc(Br)cc2)CC1c1ccc(OC)cc1. The number of hydrogen-bond donors (Lipinski definition) is 0. The summed E-state index contributed by atoms with van der Waals surface area (Å²) >= 11 is 4.66. The third-order valence-corrected chi connectivity index (χ3v) is 5.94. The topological polar surface area (TPSA) is 68.2 Å². The van der Waals surface area contributed by atoms with Crippen LogP contribution in [0, 0.1) is 0 Å². The number of rotatable bonds is 7. The Kier molecular flexibility index (Phi) is 7.33. The third kappa shape index (κ3) is 5.39. The molecule has 1 aliphatic rings. The molecular formula is C21H21BrN2O4S. The zero-order valence-corrected chi connectivity index (χ0v) is 18.5. The molecule has 1 atom stereocenters. The predicted molar refractivity (Wildman–Crippen MR) is 117 cm³/mol. The molecule has 8 heteroatoms. The lowest BCUT2D eigenvalue weighted by atomic mass is 9.98. The molecule has 0 spiro atoms. The van der Waals surface area contributed by atoms with Gasteiger partial charge < -0.3 is 9.47 Å². The van der Waals surface area contributed by atoms with Crippen molar-refractivity contribution in [2.24, 2.45) is 5.10 Å². The van der Waals surface area contributed by atoms with Gasteiger partial charge in [0.15, 0.2) is 0 Å². The van der Waals surface area contributed by atoms with Crippen molar-refractivity contribution < 1.29 is 19.1 Å². The van der Waals surface area contributed by atoms with E-state index in [0.717, 1.165) is 27.1 Å². The number of benzene rings is 2. The standard InChI is InChI=1S/C21H21BrN2O4S/c1-27-17-9-5-15(6-10-17)19-11-18(14-3-7-16(22)8-4-14)23-24(19)20(25)12-29-13-21(26)28-2/h3-10,19H,11-13H2,1-2H3. The second kappa shape index (κ2) is 9.93. The maximum absolute atomic E-state index is 12.9. The first-order valence-corrected chi connectivity index (χ1v) is 10.9. The molecule has 6 nitrogen and oxygen atoms in total. The Morgan fingerprint density at radius 1 is 1.10 bits per heavy atom. The van der Waals surface area contributed by atoms with E-state index < -0.39 is 0 Å². The Bertz CT molecular complexity index is 900. The summed E-state index contributed by atoms with van der Waals surface area (Å²) in [6.07, 6.45) is 0.612. The molecular weight excluding hydrogens is 456 g/mol. The van der Waals surface area contributed by atoms with E-state index in [1.54, 1.807) is 7.11 Å². The number of thioether (sulfide) groups is 1. The van der Waals surface area contributed by atoms with Gasteiger partial charge in [0.05, 0.1) is 37.5 Å². The number of hydrogen-bond acceptors (Lipinski definition) is 6. The highest BCUT2D eigenvalue weighted by molar-refractivity contribution is 9.10. The smallest absolute Gasteiger partial charge is 0.315 e. The number of hydrazone groups is 1. The molecule has 1 amide bonds. The molecule has 0 radical (unpaired) electrons. The fourth-order valence-corrected chi connectivity index (χ4v) is 3.95. The largest absolute Gasteiger partial charge is 0.497 e. The van der Waals surface area contributed by atoms with Crippen LogP contribution in [0.15, 0.2) is 58.1 Å². The number of esters is 1. The average Bonchev–Trinajstić information content (AvgIpc) is 3.19. The van der Waals surface area contributed by atoms with Crippen molar-refractivity contribution in [1.29, 1.82) is 0 Å². The summed E-state index contributed by atoms with van der Waals surface area (Å²) in [5, 5.41) is 6.16. The van der Waals surface area contributed by atoms with Crippen LogP contribution in [0.4, 0.5) is 0 Å².